The molecule has 0 radical (unpaired) electrons. The van der Waals surface area contributed by atoms with E-state index in [0.717, 1.165) is 11.1 Å². The smallest absolute Gasteiger partial charge is 0.170 e. The first kappa shape index (κ1) is 9.90. The van der Waals surface area contributed by atoms with Gasteiger partial charge in [0.1, 0.15) is 6.61 Å². The van der Waals surface area contributed by atoms with Crippen LogP contribution in [0.3, 0.4) is 0 Å². The molecular formula is C14H12N2O. The average molecular weight is 224 g/mol. The molecule has 0 saturated carbocycles. The normalized spacial score (nSPS) is 13.5. The van der Waals surface area contributed by atoms with Crippen molar-refractivity contribution < 1.29 is 4.84 Å². The molecule has 0 aliphatic carbocycles. The Labute approximate surface area is 99.5 Å². The summed E-state index contributed by atoms with van der Waals surface area (Å²) >= 11 is 0. The number of oxime groups is 1. The van der Waals surface area contributed by atoms with Crippen molar-refractivity contribution in [3.63, 3.8) is 0 Å². The van der Waals surface area contributed by atoms with Crippen molar-refractivity contribution in [2.75, 3.05) is 0 Å². The van der Waals surface area contributed by atoms with Crippen LogP contribution in [-0.4, -0.2) is 5.84 Å². The standard InChI is InChI=1S/C14H12N2O/c15-14-13-7-6-11(8-12(13)9-17-16-14)10-4-2-1-3-5-10/h1-8H,9H2,(H2,15,16). The fraction of sp³-hybridized carbons (Fsp3) is 0.0714. The molecule has 84 valence electrons. The van der Waals surface area contributed by atoms with E-state index in [4.69, 9.17) is 10.6 Å². The number of nitrogens with two attached hydrogens (primary N) is 1. The van der Waals surface area contributed by atoms with E-state index >= 15 is 0 Å². The molecule has 0 fully saturated rings. The van der Waals surface area contributed by atoms with Gasteiger partial charge >= 0.3 is 0 Å². The summed E-state index contributed by atoms with van der Waals surface area (Å²) in [5.41, 5.74) is 10.2. The molecule has 2 aromatic rings. The number of amidine groups is 1. The monoisotopic (exact) mass is 224 g/mol. The van der Waals surface area contributed by atoms with Gasteiger partial charge in [0.25, 0.3) is 0 Å². The fourth-order valence-electron chi connectivity index (χ4n) is 1.99. The zero-order valence-corrected chi connectivity index (χ0v) is 9.26. The van der Waals surface area contributed by atoms with Crippen molar-refractivity contribution in [3.05, 3.63) is 59.7 Å². The number of fused-ring (bicyclic) bond motifs is 1. The summed E-state index contributed by atoms with van der Waals surface area (Å²) in [5.74, 6) is 0.450. The minimum absolute atomic E-state index is 0.450. The minimum Gasteiger partial charge on any atom is -0.389 e. The van der Waals surface area contributed by atoms with Crippen LogP contribution in [0.2, 0.25) is 0 Å². The van der Waals surface area contributed by atoms with E-state index in [1.165, 1.54) is 11.1 Å². The summed E-state index contributed by atoms with van der Waals surface area (Å²) in [7, 11) is 0. The predicted octanol–water partition coefficient (Wildman–Crippen LogP) is 2.50. The topological polar surface area (TPSA) is 47.6 Å². The number of hydrogen-bond acceptors (Lipinski definition) is 3. The predicted molar refractivity (Wildman–Crippen MR) is 67.4 cm³/mol. The lowest BCUT2D eigenvalue weighted by atomic mass is 9.99. The number of hydrogen-bond donors (Lipinski definition) is 1. The van der Waals surface area contributed by atoms with E-state index < -0.39 is 0 Å². The largest absolute Gasteiger partial charge is 0.389 e. The van der Waals surface area contributed by atoms with Crippen LogP contribution in [0.25, 0.3) is 11.1 Å². The van der Waals surface area contributed by atoms with Crippen molar-refractivity contribution >= 4 is 5.84 Å². The maximum atomic E-state index is 5.76. The molecule has 0 spiro atoms. The van der Waals surface area contributed by atoms with E-state index in [1.54, 1.807) is 0 Å². The molecule has 2 aromatic carbocycles. The molecule has 0 bridgehead atoms. The Hall–Kier alpha value is -2.29. The molecule has 17 heavy (non-hydrogen) atoms. The second-order valence-corrected chi connectivity index (χ2v) is 3.99. The van der Waals surface area contributed by atoms with Gasteiger partial charge in [-0.3, -0.25) is 0 Å². The quantitative estimate of drug-likeness (QED) is 0.809. The molecule has 0 atom stereocenters. The van der Waals surface area contributed by atoms with Crippen LogP contribution < -0.4 is 5.73 Å². The molecule has 3 nitrogen and oxygen atoms in total. The number of benzene rings is 2. The van der Waals surface area contributed by atoms with Crippen molar-refractivity contribution in [2.45, 2.75) is 6.61 Å². The minimum atomic E-state index is 0.450. The number of nitrogens with zero attached hydrogens (tertiary/aromatic N) is 1. The van der Waals surface area contributed by atoms with Crippen LogP contribution in [-0.2, 0) is 11.4 Å². The third-order valence-electron chi connectivity index (χ3n) is 2.87. The highest BCUT2D eigenvalue weighted by Gasteiger charge is 2.13. The van der Waals surface area contributed by atoms with Gasteiger partial charge in [0, 0.05) is 11.1 Å². The Balaban J connectivity index is 2.08. The lowest BCUT2D eigenvalue weighted by Gasteiger charge is -2.14. The van der Waals surface area contributed by atoms with Crippen molar-refractivity contribution in [3.8, 4) is 11.1 Å². The maximum Gasteiger partial charge on any atom is 0.170 e. The highest BCUT2D eigenvalue weighted by Crippen LogP contribution is 2.24. The van der Waals surface area contributed by atoms with Crippen molar-refractivity contribution in [2.24, 2.45) is 10.9 Å². The SMILES string of the molecule is NC1=NOCc2cc(-c3ccccc3)ccc21. The van der Waals surface area contributed by atoms with Crippen LogP contribution in [0.15, 0.2) is 53.7 Å². The molecule has 1 heterocycles. The van der Waals surface area contributed by atoms with Crippen LogP contribution in [0.5, 0.6) is 0 Å². The average Bonchev–Trinajstić information content (AvgIpc) is 2.40. The molecular weight excluding hydrogens is 212 g/mol. The Morgan fingerprint density at radius 1 is 1.00 bits per heavy atom. The zero-order chi connectivity index (χ0) is 11.7. The molecule has 0 saturated heterocycles. The molecule has 0 amide bonds. The molecule has 0 unspecified atom stereocenters. The third kappa shape index (κ3) is 1.76. The molecule has 2 N–H and O–H groups in total. The van der Waals surface area contributed by atoms with E-state index in [2.05, 4.69) is 29.4 Å². The van der Waals surface area contributed by atoms with Crippen LogP contribution in [0.4, 0.5) is 0 Å². The van der Waals surface area contributed by atoms with Gasteiger partial charge in [-0.25, -0.2) is 0 Å². The van der Waals surface area contributed by atoms with Gasteiger partial charge in [-0.1, -0.05) is 47.6 Å². The van der Waals surface area contributed by atoms with Gasteiger partial charge in [-0.05, 0) is 17.2 Å². The molecule has 3 heteroatoms. The van der Waals surface area contributed by atoms with E-state index in [1.807, 2.05) is 24.3 Å². The van der Waals surface area contributed by atoms with Gasteiger partial charge < -0.3 is 10.6 Å². The highest BCUT2D eigenvalue weighted by molar-refractivity contribution is 5.99. The summed E-state index contributed by atoms with van der Waals surface area (Å²) in [4.78, 5) is 5.06. The Kier molecular flexibility index (Phi) is 2.29. The van der Waals surface area contributed by atoms with E-state index in [9.17, 15) is 0 Å². The summed E-state index contributed by atoms with van der Waals surface area (Å²) in [6.45, 7) is 0.483. The molecule has 3 rings (SSSR count). The van der Waals surface area contributed by atoms with Crippen molar-refractivity contribution in [1.82, 2.24) is 0 Å². The molecule has 1 aliphatic rings. The summed E-state index contributed by atoms with van der Waals surface area (Å²) in [5, 5.41) is 3.77. The van der Waals surface area contributed by atoms with Crippen LogP contribution in [0, 0.1) is 0 Å². The second-order valence-electron chi connectivity index (χ2n) is 3.99. The first-order chi connectivity index (χ1) is 8.34. The van der Waals surface area contributed by atoms with Gasteiger partial charge in [0.05, 0.1) is 0 Å². The van der Waals surface area contributed by atoms with Gasteiger partial charge in [0.15, 0.2) is 5.84 Å². The van der Waals surface area contributed by atoms with Gasteiger partial charge in [-0.15, -0.1) is 0 Å². The Morgan fingerprint density at radius 2 is 1.82 bits per heavy atom. The zero-order valence-electron chi connectivity index (χ0n) is 9.26. The summed E-state index contributed by atoms with van der Waals surface area (Å²) in [6.07, 6.45) is 0. The molecule has 0 aromatic heterocycles. The Morgan fingerprint density at radius 3 is 2.65 bits per heavy atom. The van der Waals surface area contributed by atoms with Gasteiger partial charge in [0.2, 0.25) is 0 Å². The van der Waals surface area contributed by atoms with Gasteiger partial charge in [-0.2, -0.15) is 0 Å². The first-order valence-corrected chi connectivity index (χ1v) is 5.49. The van der Waals surface area contributed by atoms with E-state index in [0.29, 0.717) is 12.4 Å². The first-order valence-electron chi connectivity index (χ1n) is 5.49. The van der Waals surface area contributed by atoms with Crippen molar-refractivity contribution in [1.29, 1.82) is 0 Å². The fourth-order valence-corrected chi connectivity index (χ4v) is 1.99. The van der Waals surface area contributed by atoms with Crippen LogP contribution >= 0.6 is 0 Å². The van der Waals surface area contributed by atoms with E-state index in [-0.39, 0.29) is 0 Å². The van der Waals surface area contributed by atoms with Crippen LogP contribution in [0.1, 0.15) is 11.1 Å². The summed E-state index contributed by atoms with van der Waals surface area (Å²) in [6, 6.07) is 16.4. The lowest BCUT2D eigenvalue weighted by Crippen LogP contribution is -2.19. The third-order valence-corrected chi connectivity index (χ3v) is 2.87. The highest BCUT2D eigenvalue weighted by atomic mass is 16.6. The molecule has 1 aliphatic heterocycles. The number of rotatable bonds is 1. The summed E-state index contributed by atoms with van der Waals surface area (Å²) < 4.78 is 0. The maximum absolute atomic E-state index is 5.76. The lowest BCUT2D eigenvalue weighted by molar-refractivity contribution is 0.125. The Bertz CT molecular complexity index is 576. The second kappa shape index (κ2) is 3.94.